The fraction of sp³-hybridized carbons (Fsp3) is 0.286. The standard InChI is InChI=1S/C21H22N4O4S/c1-4-29-20(28)10-16-12-30-21(22-16)23-18(26)11-25-19(27)8-7-17(24-25)15-6-5-13(2)14(3)9-15/h5-9,12H,4,10-11H2,1-3H3,(H,22,23,26). The smallest absolute Gasteiger partial charge is 0.311 e. The maximum absolute atomic E-state index is 12.4. The lowest BCUT2D eigenvalue weighted by molar-refractivity contribution is -0.142. The van der Waals surface area contributed by atoms with Gasteiger partial charge in [0.25, 0.3) is 5.56 Å². The van der Waals surface area contributed by atoms with Crippen LogP contribution in [0.2, 0.25) is 0 Å². The lowest BCUT2D eigenvalue weighted by atomic mass is 10.0. The molecule has 3 rings (SSSR count). The maximum atomic E-state index is 12.4. The van der Waals surface area contributed by atoms with Crippen LogP contribution in [0.3, 0.4) is 0 Å². The molecule has 0 aliphatic carbocycles. The Balaban J connectivity index is 1.69. The molecule has 8 nitrogen and oxygen atoms in total. The van der Waals surface area contributed by atoms with Gasteiger partial charge in [-0.25, -0.2) is 9.67 Å². The van der Waals surface area contributed by atoms with Crippen LogP contribution in [0.15, 0.2) is 40.5 Å². The van der Waals surface area contributed by atoms with Crippen molar-refractivity contribution in [3.63, 3.8) is 0 Å². The fourth-order valence-electron chi connectivity index (χ4n) is 2.72. The number of rotatable bonds is 7. The molecule has 0 bridgehead atoms. The summed E-state index contributed by atoms with van der Waals surface area (Å²) in [7, 11) is 0. The van der Waals surface area contributed by atoms with Crippen LogP contribution in [0.5, 0.6) is 0 Å². The Hall–Kier alpha value is -3.33. The number of hydrogen-bond acceptors (Lipinski definition) is 7. The molecule has 0 atom stereocenters. The van der Waals surface area contributed by atoms with E-state index in [0.29, 0.717) is 23.1 Å². The summed E-state index contributed by atoms with van der Waals surface area (Å²) in [6, 6.07) is 8.95. The molecule has 0 fully saturated rings. The van der Waals surface area contributed by atoms with E-state index in [1.165, 1.54) is 17.4 Å². The van der Waals surface area contributed by atoms with E-state index in [0.717, 1.165) is 21.4 Å². The minimum Gasteiger partial charge on any atom is -0.466 e. The third kappa shape index (κ3) is 5.38. The maximum Gasteiger partial charge on any atom is 0.311 e. The number of esters is 1. The van der Waals surface area contributed by atoms with E-state index < -0.39 is 5.91 Å². The summed E-state index contributed by atoms with van der Waals surface area (Å²) < 4.78 is 6.00. The van der Waals surface area contributed by atoms with Gasteiger partial charge in [0.1, 0.15) is 6.54 Å². The molecule has 9 heteroatoms. The highest BCUT2D eigenvalue weighted by molar-refractivity contribution is 7.13. The van der Waals surface area contributed by atoms with Crippen LogP contribution in [0.1, 0.15) is 23.7 Å². The summed E-state index contributed by atoms with van der Waals surface area (Å²) in [4.78, 5) is 40.3. The molecule has 0 saturated carbocycles. The van der Waals surface area contributed by atoms with Gasteiger partial charge in [-0.05, 0) is 44.0 Å². The lowest BCUT2D eigenvalue weighted by Gasteiger charge is -2.08. The molecule has 0 saturated heterocycles. The summed E-state index contributed by atoms with van der Waals surface area (Å²) >= 11 is 1.20. The van der Waals surface area contributed by atoms with E-state index in [4.69, 9.17) is 4.74 Å². The number of ether oxygens (including phenoxy) is 1. The molecule has 156 valence electrons. The molecular formula is C21H22N4O4S. The van der Waals surface area contributed by atoms with E-state index in [-0.39, 0.29) is 24.5 Å². The highest BCUT2D eigenvalue weighted by Crippen LogP contribution is 2.19. The molecule has 2 heterocycles. The van der Waals surface area contributed by atoms with Gasteiger partial charge in [-0.3, -0.25) is 14.4 Å². The predicted octanol–water partition coefficient (Wildman–Crippen LogP) is 2.73. The molecule has 0 unspecified atom stereocenters. The van der Waals surface area contributed by atoms with Gasteiger partial charge >= 0.3 is 5.97 Å². The average Bonchev–Trinajstić information content (AvgIpc) is 3.12. The quantitative estimate of drug-likeness (QED) is 0.583. The van der Waals surface area contributed by atoms with Gasteiger partial charge in [-0.15, -0.1) is 11.3 Å². The van der Waals surface area contributed by atoms with E-state index >= 15 is 0 Å². The van der Waals surface area contributed by atoms with Crippen molar-refractivity contribution in [2.75, 3.05) is 11.9 Å². The summed E-state index contributed by atoms with van der Waals surface area (Å²) in [5.41, 5.74) is 3.90. The van der Waals surface area contributed by atoms with Gasteiger partial charge in [0.05, 0.1) is 24.4 Å². The van der Waals surface area contributed by atoms with E-state index in [1.54, 1.807) is 18.4 Å². The van der Waals surface area contributed by atoms with Crippen LogP contribution in [0, 0.1) is 13.8 Å². The fourth-order valence-corrected chi connectivity index (χ4v) is 3.44. The van der Waals surface area contributed by atoms with E-state index in [9.17, 15) is 14.4 Å². The average molecular weight is 426 g/mol. The molecule has 0 aliphatic rings. The highest BCUT2D eigenvalue weighted by atomic mass is 32.1. The van der Waals surface area contributed by atoms with Crippen molar-refractivity contribution in [2.45, 2.75) is 33.7 Å². The SMILES string of the molecule is CCOC(=O)Cc1csc(NC(=O)Cn2nc(-c3ccc(C)c(C)c3)ccc2=O)n1. The Morgan fingerprint density at radius 2 is 1.97 bits per heavy atom. The van der Waals surface area contributed by atoms with Gasteiger partial charge in [-0.2, -0.15) is 5.10 Å². The first-order chi connectivity index (χ1) is 14.4. The lowest BCUT2D eigenvalue weighted by Crippen LogP contribution is -2.29. The summed E-state index contributed by atoms with van der Waals surface area (Å²) in [6.07, 6.45) is 0.0409. The zero-order chi connectivity index (χ0) is 21.7. The first-order valence-corrected chi connectivity index (χ1v) is 10.3. The molecule has 3 aromatic rings. The Morgan fingerprint density at radius 3 is 2.70 bits per heavy atom. The van der Waals surface area contributed by atoms with Crippen molar-refractivity contribution >= 4 is 28.3 Å². The molecule has 2 aromatic heterocycles. The van der Waals surface area contributed by atoms with Crippen LogP contribution >= 0.6 is 11.3 Å². The van der Waals surface area contributed by atoms with Crippen molar-refractivity contribution in [3.05, 3.63) is 62.9 Å². The van der Waals surface area contributed by atoms with Crippen LogP contribution in [-0.2, 0) is 27.3 Å². The van der Waals surface area contributed by atoms with Crippen molar-refractivity contribution in [3.8, 4) is 11.3 Å². The second-order valence-electron chi connectivity index (χ2n) is 6.69. The largest absolute Gasteiger partial charge is 0.466 e. The first-order valence-electron chi connectivity index (χ1n) is 9.41. The molecule has 0 aliphatic heterocycles. The van der Waals surface area contributed by atoms with Crippen molar-refractivity contribution in [1.29, 1.82) is 0 Å². The highest BCUT2D eigenvalue weighted by Gasteiger charge is 2.12. The van der Waals surface area contributed by atoms with E-state index in [2.05, 4.69) is 15.4 Å². The van der Waals surface area contributed by atoms with Crippen molar-refractivity contribution in [1.82, 2.24) is 14.8 Å². The number of amides is 1. The molecule has 1 N–H and O–H groups in total. The minimum atomic E-state index is -0.432. The topological polar surface area (TPSA) is 103 Å². The predicted molar refractivity (Wildman–Crippen MR) is 114 cm³/mol. The number of aromatic nitrogens is 3. The molecule has 30 heavy (non-hydrogen) atoms. The third-order valence-electron chi connectivity index (χ3n) is 4.39. The van der Waals surface area contributed by atoms with Gasteiger partial charge in [-0.1, -0.05) is 12.1 Å². The van der Waals surface area contributed by atoms with Crippen LogP contribution in [-0.4, -0.2) is 33.2 Å². The number of carbonyl (C=O) groups excluding carboxylic acids is 2. The molecule has 0 spiro atoms. The third-order valence-corrected chi connectivity index (χ3v) is 5.20. The van der Waals surface area contributed by atoms with Crippen molar-refractivity contribution < 1.29 is 14.3 Å². The van der Waals surface area contributed by atoms with Crippen LogP contribution in [0.25, 0.3) is 11.3 Å². The number of carbonyl (C=O) groups is 2. The van der Waals surface area contributed by atoms with E-state index in [1.807, 2.05) is 32.0 Å². The Bertz CT molecular complexity index is 1140. The number of hydrogen-bond donors (Lipinski definition) is 1. The minimum absolute atomic E-state index is 0.0409. The molecule has 1 amide bonds. The van der Waals surface area contributed by atoms with Gasteiger partial charge < -0.3 is 10.1 Å². The van der Waals surface area contributed by atoms with Gasteiger partial charge in [0.15, 0.2) is 5.13 Å². The summed E-state index contributed by atoms with van der Waals surface area (Å²) in [6.45, 7) is 5.82. The zero-order valence-corrected chi connectivity index (χ0v) is 17.8. The second kappa shape index (κ2) is 9.45. The van der Waals surface area contributed by atoms with Crippen LogP contribution in [0.4, 0.5) is 5.13 Å². The second-order valence-corrected chi connectivity index (χ2v) is 7.55. The molecular weight excluding hydrogens is 404 g/mol. The normalized spacial score (nSPS) is 10.6. The number of thiazole rings is 1. The summed E-state index contributed by atoms with van der Waals surface area (Å²) in [5.74, 6) is -0.807. The van der Waals surface area contributed by atoms with Crippen molar-refractivity contribution in [2.24, 2.45) is 0 Å². The van der Waals surface area contributed by atoms with Gasteiger partial charge in [0.2, 0.25) is 5.91 Å². The zero-order valence-electron chi connectivity index (χ0n) is 17.0. The first kappa shape index (κ1) is 21.4. The molecule has 0 radical (unpaired) electrons. The number of aryl methyl sites for hydroxylation is 2. The monoisotopic (exact) mass is 426 g/mol. The Labute approximate surface area is 177 Å². The number of benzene rings is 1. The Morgan fingerprint density at radius 1 is 1.17 bits per heavy atom. The summed E-state index contributed by atoms with van der Waals surface area (Å²) in [5, 5.41) is 8.98. The Kier molecular flexibility index (Phi) is 6.73. The molecule has 1 aromatic carbocycles. The number of nitrogens with one attached hydrogen (secondary N) is 1. The van der Waals surface area contributed by atoms with Gasteiger partial charge in [0, 0.05) is 17.0 Å². The number of nitrogens with zero attached hydrogens (tertiary/aromatic N) is 3. The van der Waals surface area contributed by atoms with Crippen LogP contribution < -0.4 is 10.9 Å². The number of anilines is 1.